The summed E-state index contributed by atoms with van der Waals surface area (Å²) in [6.45, 7) is 6.83. The van der Waals surface area contributed by atoms with Crippen molar-refractivity contribution in [2.45, 2.75) is 26.1 Å². The summed E-state index contributed by atoms with van der Waals surface area (Å²) < 4.78 is 3.93. The zero-order chi connectivity index (χ0) is 20.8. The van der Waals surface area contributed by atoms with E-state index in [4.69, 9.17) is 16.7 Å². The molecule has 4 heterocycles. The summed E-state index contributed by atoms with van der Waals surface area (Å²) >= 11 is 7.77. The number of hydrogen-bond acceptors (Lipinski definition) is 4. The van der Waals surface area contributed by atoms with Crippen LogP contribution in [0.1, 0.15) is 12.6 Å². The number of rotatable bonds is 3. The van der Waals surface area contributed by atoms with E-state index in [2.05, 4.69) is 29.8 Å². The number of carbonyl (C=O) groups is 1. The Morgan fingerprint density at radius 2 is 2.03 bits per heavy atom. The van der Waals surface area contributed by atoms with E-state index in [1.54, 1.807) is 23.7 Å². The van der Waals surface area contributed by atoms with E-state index >= 15 is 0 Å². The highest BCUT2D eigenvalue weighted by molar-refractivity contribution is 7.22. The second-order valence-electron chi connectivity index (χ2n) is 7.41. The molecule has 4 aromatic rings. The van der Waals surface area contributed by atoms with Gasteiger partial charge in [0.15, 0.2) is 0 Å². The molecule has 0 unspecified atom stereocenters. The molecule has 3 aromatic heterocycles. The van der Waals surface area contributed by atoms with E-state index in [9.17, 15) is 4.79 Å². The smallest absolute Gasteiger partial charge is 0.246 e. The van der Waals surface area contributed by atoms with E-state index in [-0.39, 0.29) is 11.9 Å². The molecule has 30 heavy (non-hydrogen) atoms. The van der Waals surface area contributed by atoms with Crippen LogP contribution in [0.15, 0.2) is 61.4 Å². The zero-order valence-corrected chi connectivity index (χ0v) is 18.0. The average Bonchev–Trinajstić information content (AvgIpc) is 3.31. The summed E-state index contributed by atoms with van der Waals surface area (Å²) in [6.07, 6.45) is 4.94. The third kappa shape index (κ3) is 3.13. The van der Waals surface area contributed by atoms with Crippen LogP contribution in [0.4, 0.5) is 0 Å². The van der Waals surface area contributed by atoms with Crippen LogP contribution in [-0.2, 0) is 17.9 Å². The molecule has 0 saturated heterocycles. The lowest BCUT2D eigenvalue weighted by atomic mass is 9.98. The molecule has 0 radical (unpaired) electrons. The summed E-state index contributed by atoms with van der Waals surface area (Å²) in [4.78, 5) is 18.4. The molecule has 1 aliphatic heterocycles. The fraction of sp³-hybridized carbons (Fsp3) is 0.174. The van der Waals surface area contributed by atoms with Crippen molar-refractivity contribution in [1.82, 2.24) is 19.7 Å². The van der Waals surface area contributed by atoms with Gasteiger partial charge in [-0.1, -0.05) is 30.3 Å². The van der Waals surface area contributed by atoms with Gasteiger partial charge in [-0.2, -0.15) is 5.10 Å². The van der Waals surface area contributed by atoms with Crippen molar-refractivity contribution in [2.75, 3.05) is 0 Å². The molecule has 7 heteroatoms. The SMILES string of the molecule is C=CC(=O)N1Cc2c(-c3ccncc3)c(-c3ccc4cc(Cl)sc4c3)nn2C[C@H]1C. The minimum Gasteiger partial charge on any atom is -0.329 e. The van der Waals surface area contributed by atoms with Gasteiger partial charge < -0.3 is 4.90 Å². The van der Waals surface area contributed by atoms with Crippen LogP contribution in [-0.4, -0.2) is 31.6 Å². The molecule has 1 aromatic carbocycles. The summed E-state index contributed by atoms with van der Waals surface area (Å²) in [5, 5.41) is 6.11. The maximum atomic E-state index is 12.4. The van der Waals surface area contributed by atoms with Crippen LogP contribution in [0.25, 0.3) is 32.5 Å². The van der Waals surface area contributed by atoms with Gasteiger partial charge in [-0.05, 0) is 48.2 Å². The highest BCUT2D eigenvalue weighted by atomic mass is 35.5. The number of pyridine rings is 1. The first-order valence-corrected chi connectivity index (χ1v) is 10.9. The minimum absolute atomic E-state index is 0.0413. The first-order valence-electron chi connectivity index (χ1n) is 9.67. The largest absolute Gasteiger partial charge is 0.329 e. The highest BCUT2D eigenvalue weighted by Gasteiger charge is 2.31. The molecule has 1 aliphatic rings. The zero-order valence-electron chi connectivity index (χ0n) is 16.4. The molecule has 1 atom stereocenters. The van der Waals surface area contributed by atoms with Crippen molar-refractivity contribution in [3.63, 3.8) is 0 Å². The number of nitrogens with zero attached hydrogens (tertiary/aromatic N) is 4. The van der Waals surface area contributed by atoms with Gasteiger partial charge in [0.05, 0.1) is 23.1 Å². The Morgan fingerprint density at radius 3 is 2.80 bits per heavy atom. The van der Waals surface area contributed by atoms with Crippen LogP contribution >= 0.6 is 22.9 Å². The van der Waals surface area contributed by atoms with Gasteiger partial charge in [-0.15, -0.1) is 11.3 Å². The third-order valence-corrected chi connectivity index (χ3v) is 6.76. The maximum Gasteiger partial charge on any atom is 0.246 e. The number of fused-ring (bicyclic) bond motifs is 2. The van der Waals surface area contributed by atoms with Crippen molar-refractivity contribution >= 4 is 38.9 Å². The second-order valence-corrected chi connectivity index (χ2v) is 9.13. The predicted molar refractivity (Wildman–Crippen MR) is 121 cm³/mol. The molecule has 0 fully saturated rings. The Kier molecular flexibility index (Phi) is 4.68. The van der Waals surface area contributed by atoms with Crippen LogP contribution < -0.4 is 0 Å². The summed E-state index contributed by atoms with van der Waals surface area (Å²) in [5.74, 6) is -0.0631. The standard InChI is InChI=1S/C23H19ClN4OS/c1-3-21(29)27-13-18-22(15-6-8-25-9-7-15)23(26-28(18)12-14(27)2)17-5-4-16-11-20(24)30-19(16)10-17/h3-11,14H,1,12-13H2,2H3/t14-/m1/s1. The fourth-order valence-electron chi connectivity index (χ4n) is 4.06. The van der Waals surface area contributed by atoms with Crippen molar-refractivity contribution in [3.8, 4) is 22.4 Å². The number of thiophene rings is 1. The summed E-state index contributed by atoms with van der Waals surface area (Å²) in [7, 11) is 0. The highest BCUT2D eigenvalue weighted by Crippen LogP contribution is 2.39. The van der Waals surface area contributed by atoms with Gasteiger partial charge in [-0.25, -0.2) is 0 Å². The normalized spacial score (nSPS) is 15.9. The number of hydrogen-bond donors (Lipinski definition) is 0. The van der Waals surface area contributed by atoms with Gasteiger partial charge in [0.1, 0.15) is 5.69 Å². The molecular formula is C23H19ClN4OS. The van der Waals surface area contributed by atoms with E-state index in [0.29, 0.717) is 13.1 Å². The van der Waals surface area contributed by atoms with Gasteiger partial charge in [-0.3, -0.25) is 14.5 Å². The van der Waals surface area contributed by atoms with Crippen molar-refractivity contribution in [3.05, 3.63) is 71.5 Å². The third-order valence-electron chi connectivity index (χ3n) is 5.54. The maximum absolute atomic E-state index is 12.4. The molecule has 0 spiro atoms. The van der Waals surface area contributed by atoms with Crippen LogP contribution in [0.2, 0.25) is 4.34 Å². The molecule has 150 valence electrons. The lowest BCUT2D eigenvalue weighted by molar-refractivity contribution is -0.129. The van der Waals surface area contributed by atoms with E-state index in [1.807, 2.05) is 34.7 Å². The molecule has 1 amide bonds. The topological polar surface area (TPSA) is 51.0 Å². The van der Waals surface area contributed by atoms with E-state index in [0.717, 1.165) is 42.5 Å². The summed E-state index contributed by atoms with van der Waals surface area (Å²) in [6, 6.07) is 12.3. The molecule has 5 nitrogen and oxygen atoms in total. The molecule has 5 rings (SSSR count). The predicted octanol–water partition coefficient (Wildman–Crippen LogP) is 5.40. The molecule has 0 N–H and O–H groups in total. The van der Waals surface area contributed by atoms with Gasteiger partial charge in [0.25, 0.3) is 0 Å². The van der Waals surface area contributed by atoms with Gasteiger partial charge in [0.2, 0.25) is 5.91 Å². The van der Waals surface area contributed by atoms with Gasteiger partial charge >= 0.3 is 0 Å². The first kappa shape index (κ1) is 19.0. The summed E-state index contributed by atoms with van der Waals surface area (Å²) in [5.41, 5.74) is 5.03. The number of benzene rings is 1. The Labute approximate surface area is 183 Å². The Bertz CT molecular complexity index is 1280. The van der Waals surface area contributed by atoms with Gasteiger partial charge in [0, 0.05) is 34.3 Å². The van der Waals surface area contributed by atoms with E-state index in [1.165, 1.54) is 6.08 Å². The fourth-order valence-corrected chi connectivity index (χ4v) is 5.25. The average molecular weight is 435 g/mol. The Morgan fingerprint density at radius 1 is 1.23 bits per heavy atom. The molecular weight excluding hydrogens is 416 g/mol. The Hall–Kier alpha value is -2.96. The lowest BCUT2D eigenvalue weighted by Gasteiger charge is -2.33. The lowest BCUT2D eigenvalue weighted by Crippen LogP contribution is -2.44. The molecule has 0 bridgehead atoms. The number of halogens is 1. The van der Waals surface area contributed by atoms with Crippen molar-refractivity contribution < 1.29 is 4.79 Å². The number of amides is 1. The van der Waals surface area contributed by atoms with E-state index < -0.39 is 0 Å². The second kappa shape index (κ2) is 7.38. The van der Waals surface area contributed by atoms with Crippen molar-refractivity contribution in [2.24, 2.45) is 0 Å². The molecule has 0 saturated carbocycles. The Balaban J connectivity index is 1.71. The monoisotopic (exact) mass is 434 g/mol. The molecule has 0 aliphatic carbocycles. The van der Waals surface area contributed by atoms with Crippen LogP contribution in [0.5, 0.6) is 0 Å². The quantitative estimate of drug-likeness (QED) is 0.406. The van der Waals surface area contributed by atoms with Crippen LogP contribution in [0.3, 0.4) is 0 Å². The number of aromatic nitrogens is 3. The number of carbonyl (C=O) groups excluding carboxylic acids is 1. The van der Waals surface area contributed by atoms with Crippen molar-refractivity contribution in [1.29, 1.82) is 0 Å². The minimum atomic E-state index is -0.0631. The first-order chi connectivity index (χ1) is 14.5. The van der Waals surface area contributed by atoms with Crippen LogP contribution in [0, 0.1) is 0 Å².